The normalized spacial score (nSPS) is 12.9. The molecule has 0 saturated heterocycles. The summed E-state index contributed by atoms with van der Waals surface area (Å²) in [5.74, 6) is -1.15. The van der Waals surface area contributed by atoms with E-state index in [0.29, 0.717) is 4.88 Å². The average Bonchev–Trinajstić information content (AvgIpc) is 2.67. The summed E-state index contributed by atoms with van der Waals surface area (Å²) in [4.78, 5) is 21.8. The average molecular weight is 272 g/mol. The van der Waals surface area contributed by atoms with Gasteiger partial charge in [0.1, 0.15) is 0 Å². The predicted octanol–water partition coefficient (Wildman–Crippen LogP) is 2.91. The maximum atomic E-state index is 11.5. The van der Waals surface area contributed by atoms with Gasteiger partial charge in [-0.15, -0.1) is 22.9 Å². The number of thiophene rings is 1. The Balaban J connectivity index is 2.76. The Kier molecular flexibility index (Phi) is 4.38. The highest BCUT2D eigenvalue weighted by molar-refractivity contribution is 7.12. The second kappa shape index (κ2) is 5.12. The van der Waals surface area contributed by atoms with Gasteiger partial charge in [-0.1, -0.05) is 29.3 Å². The van der Waals surface area contributed by atoms with E-state index in [0.717, 1.165) is 0 Å². The molecule has 1 aromatic heterocycles. The van der Waals surface area contributed by atoms with Crippen LogP contribution in [0, 0.1) is 0 Å². The fourth-order valence-electron chi connectivity index (χ4n) is 0.783. The van der Waals surface area contributed by atoms with E-state index in [1.807, 2.05) is 0 Å². The van der Waals surface area contributed by atoms with Gasteiger partial charge < -0.3 is 0 Å². The van der Waals surface area contributed by atoms with E-state index in [1.165, 1.54) is 11.3 Å². The van der Waals surface area contributed by atoms with Crippen LogP contribution in [0.4, 0.5) is 0 Å². The van der Waals surface area contributed by atoms with Crippen molar-refractivity contribution < 1.29 is 9.59 Å². The summed E-state index contributed by atoms with van der Waals surface area (Å²) in [5.41, 5.74) is 0. The number of hydrogen-bond acceptors (Lipinski definition) is 3. The highest BCUT2D eigenvalue weighted by atomic mass is 35.5. The molecule has 1 heterocycles. The minimum absolute atomic E-state index is 0.423. The summed E-state index contributed by atoms with van der Waals surface area (Å²) >= 11 is 17.4. The number of hydrogen-bond donors (Lipinski definition) is 0. The van der Waals surface area contributed by atoms with Crippen molar-refractivity contribution in [3.8, 4) is 0 Å². The van der Waals surface area contributed by atoms with E-state index in [4.69, 9.17) is 34.8 Å². The summed E-state index contributed by atoms with van der Waals surface area (Å²) in [5, 5.41) is 0.425. The molecule has 0 aliphatic heterocycles. The molecule has 1 aromatic rings. The Labute approximate surface area is 99.8 Å². The maximum absolute atomic E-state index is 11.5. The Morgan fingerprint density at radius 2 is 1.93 bits per heavy atom. The van der Waals surface area contributed by atoms with E-state index in [9.17, 15) is 9.59 Å². The van der Waals surface area contributed by atoms with Gasteiger partial charge >= 0.3 is 0 Å². The van der Waals surface area contributed by atoms with Crippen molar-refractivity contribution in [2.24, 2.45) is 0 Å². The van der Waals surface area contributed by atoms with Gasteiger partial charge in [-0.25, -0.2) is 0 Å². The standard InChI is InChI=1S/C8H5Cl3O2S/c9-5(7(13)8(10)11)6(12)4-2-1-3-14-4/h1-3,5,8H. The molecule has 14 heavy (non-hydrogen) atoms. The molecule has 0 radical (unpaired) electrons. The van der Waals surface area contributed by atoms with Crippen molar-refractivity contribution in [1.29, 1.82) is 0 Å². The van der Waals surface area contributed by atoms with Crippen LogP contribution in [0.5, 0.6) is 0 Å². The van der Waals surface area contributed by atoms with Crippen LogP contribution in [-0.4, -0.2) is 21.8 Å². The molecule has 2 nitrogen and oxygen atoms in total. The van der Waals surface area contributed by atoms with Gasteiger partial charge in [0.2, 0.25) is 0 Å². The van der Waals surface area contributed by atoms with Crippen LogP contribution in [0.25, 0.3) is 0 Å². The molecule has 0 spiro atoms. The van der Waals surface area contributed by atoms with Crippen molar-refractivity contribution in [1.82, 2.24) is 0 Å². The van der Waals surface area contributed by atoms with Crippen molar-refractivity contribution >= 4 is 57.7 Å². The van der Waals surface area contributed by atoms with Crippen LogP contribution < -0.4 is 0 Å². The first kappa shape index (κ1) is 12.0. The molecular weight excluding hydrogens is 267 g/mol. The number of alkyl halides is 3. The molecular formula is C8H5Cl3O2S. The molecule has 0 aliphatic rings. The molecule has 1 atom stereocenters. The van der Waals surface area contributed by atoms with Gasteiger partial charge in [0.25, 0.3) is 0 Å². The molecule has 76 valence electrons. The van der Waals surface area contributed by atoms with Gasteiger partial charge in [-0.05, 0) is 11.4 Å². The third-order valence-corrected chi connectivity index (χ3v) is 3.19. The second-order valence-electron chi connectivity index (χ2n) is 2.41. The number of carbonyl (C=O) groups excluding carboxylic acids is 2. The van der Waals surface area contributed by atoms with Gasteiger partial charge in [0, 0.05) is 0 Å². The number of Topliss-reactive ketones (excluding diaryl/α,β-unsaturated/α-hetero) is 2. The first-order valence-corrected chi connectivity index (χ1v) is 5.76. The van der Waals surface area contributed by atoms with Gasteiger partial charge in [-0.3, -0.25) is 9.59 Å². The first-order chi connectivity index (χ1) is 6.54. The summed E-state index contributed by atoms with van der Waals surface area (Å²) in [6.07, 6.45) is 0. The minimum atomic E-state index is -1.30. The number of rotatable bonds is 4. The quantitative estimate of drug-likeness (QED) is 0.479. The van der Waals surface area contributed by atoms with Gasteiger partial charge in [-0.2, -0.15) is 0 Å². The molecule has 6 heteroatoms. The monoisotopic (exact) mass is 270 g/mol. The fourth-order valence-corrected chi connectivity index (χ4v) is 2.17. The molecule has 0 N–H and O–H groups in total. The van der Waals surface area contributed by atoms with Crippen LogP contribution in [-0.2, 0) is 4.79 Å². The van der Waals surface area contributed by atoms with Crippen LogP contribution in [0.3, 0.4) is 0 Å². The summed E-state index contributed by atoms with van der Waals surface area (Å²) in [6.45, 7) is 0. The zero-order valence-electron chi connectivity index (χ0n) is 6.75. The lowest BCUT2D eigenvalue weighted by Gasteiger charge is -2.05. The van der Waals surface area contributed by atoms with Crippen LogP contribution >= 0.6 is 46.1 Å². The molecule has 0 fully saturated rings. The molecule has 0 amide bonds. The Bertz CT molecular complexity index is 334. The molecule has 0 aliphatic carbocycles. The van der Waals surface area contributed by atoms with Crippen molar-refractivity contribution in [2.75, 3.05) is 0 Å². The Morgan fingerprint density at radius 1 is 1.29 bits per heavy atom. The largest absolute Gasteiger partial charge is 0.294 e. The predicted molar refractivity (Wildman–Crippen MR) is 58.8 cm³/mol. The van der Waals surface area contributed by atoms with Crippen molar-refractivity contribution in [3.05, 3.63) is 22.4 Å². The molecule has 0 bridgehead atoms. The lowest BCUT2D eigenvalue weighted by atomic mass is 10.2. The lowest BCUT2D eigenvalue weighted by Crippen LogP contribution is -2.28. The van der Waals surface area contributed by atoms with Crippen LogP contribution in [0.15, 0.2) is 17.5 Å². The first-order valence-electron chi connectivity index (χ1n) is 3.57. The molecule has 1 rings (SSSR count). The zero-order chi connectivity index (χ0) is 10.7. The highest BCUT2D eigenvalue weighted by Crippen LogP contribution is 2.18. The highest BCUT2D eigenvalue weighted by Gasteiger charge is 2.29. The molecule has 0 saturated carbocycles. The number of ketones is 2. The topological polar surface area (TPSA) is 34.1 Å². The van der Waals surface area contributed by atoms with E-state index in [-0.39, 0.29) is 0 Å². The van der Waals surface area contributed by atoms with Crippen LogP contribution in [0.2, 0.25) is 0 Å². The van der Waals surface area contributed by atoms with Crippen molar-refractivity contribution in [2.45, 2.75) is 10.2 Å². The number of carbonyl (C=O) groups is 2. The molecule has 0 aromatic carbocycles. The fraction of sp³-hybridized carbons (Fsp3) is 0.250. The van der Waals surface area contributed by atoms with Gasteiger partial charge in [0.15, 0.2) is 21.8 Å². The third kappa shape index (κ3) is 2.70. The van der Waals surface area contributed by atoms with Crippen LogP contribution in [0.1, 0.15) is 9.67 Å². The Hall–Kier alpha value is -0.0900. The SMILES string of the molecule is O=C(c1cccs1)C(Cl)C(=O)C(Cl)Cl. The second-order valence-corrected chi connectivity index (χ2v) is 4.89. The van der Waals surface area contributed by atoms with Crippen molar-refractivity contribution in [3.63, 3.8) is 0 Å². The summed E-state index contributed by atoms with van der Waals surface area (Å²) in [6, 6.07) is 3.29. The van der Waals surface area contributed by atoms with Gasteiger partial charge in [0.05, 0.1) is 4.88 Å². The molecule has 1 unspecified atom stereocenters. The van der Waals surface area contributed by atoms with E-state index in [1.54, 1.807) is 17.5 Å². The Morgan fingerprint density at radius 3 is 2.36 bits per heavy atom. The van der Waals surface area contributed by atoms with E-state index >= 15 is 0 Å². The number of halogens is 3. The van der Waals surface area contributed by atoms with E-state index in [2.05, 4.69) is 0 Å². The minimum Gasteiger partial charge on any atom is -0.294 e. The van der Waals surface area contributed by atoms with E-state index < -0.39 is 21.8 Å². The summed E-state index contributed by atoms with van der Waals surface area (Å²) < 4.78 is 0. The third-order valence-electron chi connectivity index (χ3n) is 1.46. The summed E-state index contributed by atoms with van der Waals surface area (Å²) in [7, 11) is 0. The lowest BCUT2D eigenvalue weighted by molar-refractivity contribution is -0.116. The smallest absolute Gasteiger partial charge is 0.198 e. The zero-order valence-corrected chi connectivity index (χ0v) is 9.83. The maximum Gasteiger partial charge on any atom is 0.198 e.